The Morgan fingerprint density at radius 3 is 2.89 bits per heavy atom. The highest BCUT2D eigenvalue weighted by Crippen LogP contribution is 2.27. The summed E-state index contributed by atoms with van der Waals surface area (Å²) in [4.78, 5) is 15.6. The van der Waals surface area contributed by atoms with Crippen molar-refractivity contribution in [2.75, 3.05) is 13.4 Å². The molecule has 0 aliphatic carbocycles. The van der Waals surface area contributed by atoms with Crippen LogP contribution in [0.1, 0.15) is 10.4 Å². The number of thioether (sulfide) groups is 1. The molecule has 0 fully saturated rings. The van der Waals surface area contributed by atoms with Crippen molar-refractivity contribution in [2.45, 2.75) is 0 Å². The highest BCUT2D eigenvalue weighted by atomic mass is 79.9. The number of amidine groups is 1. The number of ether oxygens (including phenoxy) is 1. The van der Waals surface area contributed by atoms with Gasteiger partial charge in [-0.1, -0.05) is 11.8 Å². The number of nitrogens with one attached hydrogen (secondary N) is 1. The third kappa shape index (κ3) is 3.75. The summed E-state index contributed by atoms with van der Waals surface area (Å²) < 4.78 is 5.36. The Balaban J connectivity index is 3.15. The fourth-order valence-corrected chi connectivity index (χ4v) is 1.80. The molecule has 0 heterocycles. The van der Waals surface area contributed by atoms with Gasteiger partial charge in [0.1, 0.15) is 0 Å². The molecule has 0 aromatic heterocycles. The Hall–Kier alpha value is -1.52. The van der Waals surface area contributed by atoms with E-state index in [1.807, 2.05) is 0 Å². The minimum atomic E-state index is -0.433. The van der Waals surface area contributed by atoms with Crippen LogP contribution in [-0.4, -0.2) is 24.5 Å². The van der Waals surface area contributed by atoms with Gasteiger partial charge in [-0.2, -0.15) is 5.26 Å². The summed E-state index contributed by atoms with van der Waals surface area (Å²) in [6, 6.07) is 4.92. The number of nitriles is 1. The van der Waals surface area contributed by atoms with Crippen LogP contribution in [0.2, 0.25) is 0 Å². The standard InChI is InChI=1S/C11H10BrN3O2S/c1-17-10(16)7-3-4-8(12)9(5-7)15-11(18-2)14-6-13/h3-5H,1-2H3,(H,14,15). The number of methoxy groups -OCH3 is 1. The molecular formula is C11H10BrN3O2S. The third-order valence-electron chi connectivity index (χ3n) is 1.95. The van der Waals surface area contributed by atoms with Crippen LogP contribution in [0.15, 0.2) is 27.7 Å². The molecule has 1 rings (SSSR count). The predicted octanol–water partition coefficient (Wildman–Crippen LogP) is 2.66. The zero-order valence-electron chi connectivity index (χ0n) is 9.73. The number of halogens is 1. The van der Waals surface area contributed by atoms with Gasteiger partial charge in [-0.25, -0.2) is 9.79 Å². The van der Waals surface area contributed by atoms with Crippen molar-refractivity contribution in [1.82, 2.24) is 5.32 Å². The molecule has 0 saturated carbocycles. The zero-order valence-corrected chi connectivity index (χ0v) is 12.1. The molecule has 0 atom stereocenters. The SMILES string of the molecule is COC(=O)c1ccc(Br)c(N=C(NC#N)SC)c1. The molecule has 94 valence electrons. The number of nitrogens with zero attached hydrogens (tertiary/aromatic N) is 2. The summed E-state index contributed by atoms with van der Waals surface area (Å²) >= 11 is 4.63. The van der Waals surface area contributed by atoms with Gasteiger partial charge in [-0.05, 0) is 40.4 Å². The Morgan fingerprint density at radius 2 is 2.33 bits per heavy atom. The molecule has 0 unspecified atom stereocenters. The molecule has 18 heavy (non-hydrogen) atoms. The van der Waals surface area contributed by atoms with E-state index in [9.17, 15) is 4.79 Å². The summed E-state index contributed by atoms with van der Waals surface area (Å²) in [5, 5.41) is 11.5. The van der Waals surface area contributed by atoms with Crippen LogP contribution < -0.4 is 5.32 Å². The van der Waals surface area contributed by atoms with Crippen molar-refractivity contribution in [3.63, 3.8) is 0 Å². The van der Waals surface area contributed by atoms with E-state index in [0.717, 1.165) is 4.47 Å². The van der Waals surface area contributed by atoms with Crippen LogP contribution >= 0.6 is 27.7 Å². The molecule has 7 heteroatoms. The van der Waals surface area contributed by atoms with Gasteiger partial charge in [0.2, 0.25) is 0 Å². The van der Waals surface area contributed by atoms with Crippen molar-refractivity contribution in [1.29, 1.82) is 5.26 Å². The van der Waals surface area contributed by atoms with E-state index in [2.05, 4.69) is 31.0 Å². The van der Waals surface area contributed by atoms with Crippen LogP contribution in [0.4, 0.5) is 5.69 Å². The quantitative estimate of drug-likeness (QED) is 0.297. The normalized spacial score (nSPS) is 10.7. The van der Waals surface area contributed by atoms with E-state index in [1.54, 1.807) is 30.6 Å². The predicted molar refractivity (Wildman–Crippen MR) is 74.8 cm³/mol. The molecule has 1 aromatic rings. The molecule has 1 N–H and O–H groups in total. The first-order chi connectivity index (χ1) is 8.62. The molecule has 0 amide bonds. The first-order valence-corrected chi connectivity index (χ1v) is 6.79. The van der Waals surface area contributed by atoms with Crippen LogP contribution in [0, 0.1) is 11.5 Å². The number of hydrogen-bond donors (Lipinski definition) is 1. The smallest absolute Gasteiger partial charge is 0.337 e. The second-order valence-electron chi connectivity index (χ2n) is 3.02. The van der Waals surface area contributed by atoms with E-state index in [1.165, 1.54) is 18.9 Å². The Bertz CT molecular complexity index is 526. The molecular weight excluding hydrogens is 318 g/mol. The van der Waals surface area contributed by atoms with Crippen LogP contribution in [0.5, 0.6) is 0 Å². The monoisotopic (exact) mass is 327 g/mol. The van der Waals surface area contributed by atoms with Gasteiger partial charge in [0.25, 0.3) is 0 Å². The fourth-order valence-electron chi connectivity index (χ4n) is 1.13. The molecule has 1 aromatic carbocycles. The zero-order chi connectivity index (χ0) is 13.5. The number of rotatable bonds is 2. The van der Waals surface area contributed by atoms with Gasteiger partial charge in [0.15, 0.2) is 11.4 Å². The van der Waals surface area contributed by atoms with E-state index < -0.39 is 5.97 Å². The van der Waals surface area contributed by atoms with E-state index in [4.69, 9.17) is 5.26 Å². The van der Waals surface area contributed by atoms with Crippen LogP contribution in [-0.2, 0) is 4.74 Å². The first-order valence-electron chi connectivity index (χ1n) is 4.78. The summed E-state index contributed by atoms with van der Waals surface area (Å²) in [6.07, 6.45) is 3.59. The second-order valence-corrected chi connectivity index (χ2v) is 4.66. The van der Waals surface area contributed by atoms with Crippen LogP contribution in [0.3, 0.4) is 0 Å². The summed E-state index contributed by atoms with van der Waals surface area (Å²) in [5.74, 6) is -0.433. The summed E-state index contributed by atoms with van der Waals surface area (Å²) in [6.45, 7) is 0. The average Bonchev–Trinajstić information content (AvgIpc) is 2.39. The number of aliphatic imine (C=N–C) groups is 1. The molecule has 0 radical (unpaired) electrons. The molecule has 0 aliphatic heterocycles. The minimum absolute atomic E-state index is 0.400. The summed E-state index contributed by atoms with van der Waals surface area (Å²) in [7, 11) is 1.32. The molecule has 0 aliphatic rings. The number of benzene rings is 1. The van der Waals surface area contributed by atoms with Gasteiger partial charge in [-0.3, -0.25) is 5.32 Å². The Kier molecular flexibility index (Phi) is 5.68. The van der Waals surface area contributed by atoms with E-state index >= 15 is 0 Å². The first kappa shape index (κ1) is 14.5. The lowest BCUT2D eigenvalue weighted by atomic mass is 10.2. The number of carbonyl (C=O) groups is 1. The molecule has 0 spiro atoms. The number of esters is 1. The van der Waals surface area contributed by atoms with E-state index in [-0.39, 0.29) is 0 Å². The third-order valence-corrected chi connectivity index (χ3v) is 3.20. The lowest BCUT2D eigenvalue weighted by Crippen LogP contribution is -2.12. The van der Waals surface area contributed by atoms with Crippen LogP contribution in [0.25, 0.3) is 0 Å². The van der Waals surface area contributed by atoms with Crippen molar-refractivity contribution < 1.29 is 9.53 Å². The van der Waals surface area contributed by atoms with Gasteiger partial charge < -0.3 is 4.74 Å². The highest BCUT2D eigenvalue weighted by Gasteiger charge is 2.09. The summed E-state index contributed by atoms with van der Waals surface area (Å²) in [5.41, 5.74) is 0.946. The Morgan fingerprint density at radius 1 is 1.61 bits per heavy atom. The Labute approximate surface area is 117 Å². The molecule has 5 nitrogen and oxygen atoms in total. The van der Waals surface area contributed by atoms with Gasteiger partial charge >= 0.3 is 5.97 Å². The van der Waals surface area contributed by atoms with Crippen molar-refractivity contribution in [3.8, 4) is 6.19 Å². The van der Waals surface area contributed by atoms with Crippen molar-refractivity contribution in [2.24, 2.45) is 4.99 Å². The minimum Gasteiger partial charge on any atom is -0.465 e. The largest absolute Gasteiger partial charge is 0.465 e. The maximum atomic E-state index is 11.4. The van der Waals surface area contributed by atoms with E-state index in [0.29, 0.717) is 16.4 Å². The fraction of sp³-hybridized carbons (Fsp3) is 0.182. The van der Waals surface area contributed by atoms with Gasteiger partial charge in [0.05, 0.1) is 18.4 Å². The molecule has 0 saturated heterocycles. The average molecular weight is 328 g/mol. The lowest BCUT2D eigenvalue weighted by Gasteiger charge is -2.04. The maximum absolute atomic E-state index is 11.4. The maximum Gasteiger partial charge on any atom is 0.337 e. The molecule has 0 bridgehead atoms. The second kappa shape index (κ2) is 7.03. The topological polar surface area (TPSA) is 74.5 Å². The number of hydrogen-bond acceptors (Lipinski definition) is 5. The van der Waals surface area contributed by atoms with Gasteiger partial charge in [-0.15, -0.1) is 0 Å². The highest BCUT2D eigenvalue weighted by molar-refractivity contribution is 9.10. The number of carbonyl (C=O) groups excluding carboxylic acids is 1. The van der Waals surface area contributed by atoms with Crippen molar-refractivity contribution >= 4 is 44.5 Å². The lowest BCUT2D eigenvalue weighted by molar-refractivity contribution is 0.0601. The van der Waals surface area contributed by atoms with Gasteiger partial charge in [0, 0.05) is 4.47 Å². The van der Waals surface area contributed by atoms with Crippen molar-refractivity contribution in [3.05, 3.63) is 28.2 Å².